The van der Waals surface area contributed by atoms with Crippen LogP contribution in [0.3, 0.4) is 0 Å². The molecule has 1 N–H and O–H groups in total. The number of thiophene rings is 1. The molecule has 0 spiro atoms. The first-order chi connectivity index (χ1) is 12.4. The number of methoxy groups -OCH3 is 2. The van der Waals surface area contributed by atoms with Gasteiger partial charge in [-0.1, -0.05) is 0 Å². The first-order valence-electron chi connectivity index (χ1n) is 7.82. The minimum absolute atomic E-state index is 0.144. The van der Waals surface area contributed by atoms with Gasteiger partial charge in [0.25, 0.3) is 5.56 Å². The smallest absolute Gasteiger partial charge is 0.342 e. The van der Waals surface area contributed by atoms with Gasteiger partial charge in [-0.3, -0.25) is 4.79 Å². The number of carbonyl (C=O) groups is 1. The first-order valence-corrected chi connectivity index (χ1v) is 8.64. The Balaban J connectivity index is 1.82. The SMILES string of the molecule is COc1ccc(C(=O)OCc2nc3sc(C)c(C)c3c(=O)[nH]2)c(OC)c1. The molecule has 0 aliphatic carbocycles. The zero-order chi connectivity index (χ0) is 18.8. The summed E-state index contributed by atoms with van der Waals surface area (Å²) in [4.78, 5) is 33.3. The second-order valence-electron chi connectivity index (χ2n) is 5.62. The average Bonchev–Trinajstić information content (AvgIpc) is 2.93. The number of rotatable bonds is 5. The normalized spacial score (nSPS) is 10.8. The Hall–Kier alpha value is -2.87. The van der Waals surface area contributed by atoms with Crippen molar-refractivity contribution >= 4 is 27.5 Å². The van der Waals surface area contributed by atoms with E-state index in [4.69, 9.17) is 14.2 Å². The van der Waals surface area contributed by atoms with Crippen molar-refractivity contribution in [3.05, 3.63) is 50.4 Å². The summed E-state index contributed by atoms with van der Waals surface area (Å²) in [7, 11) is 2.99. The third kappa shape index (κ3) is 3.28. The number of aromatic amines is 1. The van der Waals surface area contributed by atoms with Gasteiger partial charge in [0, 0.05) is 10.9 Å². The highest BCUT2D eigenvalue weighted by Gasteiger charge is 2.17. The Morgan fingerprint density at radius 1 is 1.23 bits per heavy atom. The minimum atomic E-state index is -0.578. The van der Waals surface area contributed by atoms with Crippen molar-refractivity contribution < 1.29 is 19.0 Å². The van der Waals surface area contributed by atoms with Crippen LogP contribution >= 0.6 is 11.3 Å². The molecule has 0 radical (unpaired) electrons. The fraction of sp³-hybridized carbons (Fsp3) is 0.278. The molecule has 8 heteroatoms. The predicted octanol–water partition coefficient (Wildman–Crippen LogP) is 2.98. The number of carbonyl (C=O) groups excluding carboxylic acids is 1. The van der Waals surface area contributed by atoms with Crippen molar-refractivity contribution in [3.63, 3.8) is 0 Å². The third-order valence-corrected chi connectivity index (χ3v) is 5.16. The highest BCUT2D eigenvalue weighted by molar-refractivity contribution is 7.18. The van der Waals surface area contributed by atoms with E-state index in [9.17, 15) is 9.59 Å². The first kappa shape index (κ1) is 17.9. The van der Waals surface area contributed by atoms with E-state index in [1.54, 1.807) is 18.2 Å². The van der Waals surface area contributed by atoms with Crippen LogP contribution in [-0.2, 0) is 11.3 Å². The van der Waals surface area contributed by atoms with Crippen LogP contribution < -0.4 is 15.0 Å². The van der Waals surface area contributed by atoms with Crippen molar-refractivity contribution in [2.45, 2.75) is 20.5 Å². The van der Waals surface area contributed by atoms with Gasteiger partial charge in [0.1, 0.15) is 34.3 Å². The van der Waals surface area contributed by atoms with E-state index >= 15 is 0 Å². The number of fused-ring (bicyclic) bond motifs is 1. The lowest BCUT2D eigenvalue weighted by atomic mass is 10.2. The Morgan fingerprint density at radius 3 is 2.69 bits per heavy atom. The summed E-state index contributed by atoms with van der Waals surface area (Å²) in [6, 6.07) is 4.80. The van der Waals surface area contributed by atoms with Crippen molar-refractivity contribution in [3.8, 4) is 11.5 Å². The zero-order valence-electron chi connectivity index (χ0n) is 14.8. The maximum Gasteiger partial charge on any atom is 0.342 e. The van der Waals surface area contributed by atoms with Gasteiger partial charge in [0.2, 0.25) is 0 Å². The summed E-state index contributed by atoms with van der Waals surface area (Å²) in [6.45, 7) is 3.69. The molecule has 2 aromatic heterocycles. The number of aromatic nitrogens is 2. The maximum atomic E-state index is 12.3. The molecule has 0 amide bonds. The molecule has 1 aromatic carbocycles. The van der Waals surface area contributed by atoms with Crippen molar-refractivity contribution in [2.24, 2.45) is 0 Å². The molecule has 26 heavy (non-hydrogen) atoms. The van der Waals surface area contributed by atoms with Gasteiger partial charge >= 0.3 is 5.97 Å². The van der Waals surface area contributed by atoms with Gasteiger partial charge in [-0.15, -0.1) is 11.3 Å². The van der Waals surface area contributed by atoms with Gasteiger partial charge < -0.3 is 19.2 Å². The second-order valence-corrected chi connectivity index (χ2v) is 6.82. The van der Waals surface area contributed by atoms with Gasteiger partial charge in [-0.05, 0) is 31.5 Å². The minimum Gasteiger partial charge on any atom is -0.497 e. The number of H-pyrrole nitrogens is 1. The van der Waals surface area contributed by atoms with E-state index in [-0.39, 0.29) is 17.7 Å². The van der Waals surface area contributed by atoms with E-state index in [1.165, 1.54) is 25.6 Å². The van der Waals surface area contributed by atoms with Crippen LogP contribution in [0.4, 0.5) is 0 Å². The molecule has 0 fully saturated rings. The standard InChI is InChI=1S/C18H18N2O5S/c1-9-10(2)26-17-15(9)16(21)19-14(20-17)8-25-18(22)12-6-5-11(23-3)7-13(12)24-4/h5-7H,8H2,1-4H3,(H,19,20,21). The molecule has 136 valence electrons. The highest BCUT2D eigenvalue weighted by atomic mass is 32.1. The number of nitrogens with zero attached hydrogens (tertiary/aromatic N) is 1. The third-order valence-electron chi connectivity index (χ3n) is 4.06. The average molecular weight is 374 g/mol. The summed E-state index contributed by atoms with van der Waals surface area (Å²) in [5.41, 5.74) is 0.953. The quantitative estimate of drug-likeness (QED) is 0.691. The number of hydrogen-bond acceptors (Lipinski definition) is 7. The van der Waals surface area contributed by atoms with Crippen LogP contribution in [0.25, 0.3) is 10.2 Å². The Kier molecular flexibility index (Phi) is 4.94. The number of benzene rings is 1. The molecule has 3 aromatic rings. The van der Waals surface area contributed by atoms with Crippen LogP contribution in [-0.4, -0.2) is 30.2 Å². The van der Waals surface area contributed by atoms with Crippen LogP contribution in [0.15, 0.2) is 23.0 Å². The molecule has 0 unspecified atom stereocenters. The number of nitrogens with one attached hydrogen (secondary N) is 1. The van der Waals surface area contributed by atoms with Gasteiger partial charge in [0.15, 0.2) is 0 Å². The van der Waals surface area contributed by atoms with Crippen molar-refractivity contribution in [1.29, 1.82) is 0 Å². The fourth-order valence-corrected chi connectivity index (χ4v) is 3.60. The van der Waals surface area contributed by atoms with Gasteiger partial charge in [-0.25, -0.2) is 9.78 Å². The molecule has 0 atom stereocenters. The molecule has 2 heterocycles. The van der Waals surface area contributed by atoms with E-state index in [2.05, 4.69) is 9.97 Å². The lowest BCUT2D eigenvalue weighted by Gasteiger charge is -2.10. The second kappa shape index (κ2) is 7.17. The number of ether oxygens (including phenoxy) is 3. The zero-order valence-corrected chi connectivity index (χ0v) is 15.7. The van der Waals surface area contributed by atoms with E-state index in [0.717, 1.165) is 10.4 Å². The van der Waals surface area contributed by atoms with E-state index < -0.39 is 5.97 Å². The molecular weight excluding hydrogens is 356 g/mol. The highest BCUT2D eigenvalue weighted by Crippen LogP contribution is 2.27. The topological polar surface area (TPSA) is 90.5 Å². The summed E-state index contributed by atoms with van der Waals surface area (Å²) in [6.07, 6.45) is 0. The molecule has 7 nitrogen and oxygen atoms in total. The largest absolute Gasteiger partial charge is 0.497 e. The molecular formula is C18H18N2O5S. The Morgan fingerprint density at radius 2 is 2.00 bits per heavy atom. The summed E-state index contributed by atoms with van der Waals surface area (Å²) in [5, 5.41) is 0.583. The number of esters is 1. The Labute approximate surface area is 153 Å². The van der Waals surface area contributed by atoms with Gasteiger partial charge in [-0.2, -0.15) is 0 Å². The number of hydrogen-bond donors (Lipinski definition) is 1. The molecule has 0 saturated carbocycles. The molecule has 0 saturated heterocycles. The van der Waals surface area contributed by atoms with Crippen LogP contribution in [0.1, 0.15) is 26.6 Å². The molecule has 3 rings (SSSR count). The number of aryl methyl sites for hydroxylation is 2. The van der Waals surface area contributed by atoms with E-state index in [0.29, 0.717) is 27.5 Å². The van der Waals surface area contributed by atoms with Gasteiger partial charge in [0.05, 0.1) is 19.6 Å². The lowest BCUT2D eigenvalue weighted by Crippen LogP contribution is -2.14. The lowest BCUT2D eigenvalue weighted by molar-refractivity contribution is 0.0458. The van der Waals surface area contributed by atoms with Crippen LogP contribution in [0, 0.1) is 13.8 Å². The molecule has 0 aliphatic rings. The molecule has 0 aliphatic heterocycles. The summed E-state index contributed by atoms with van der Waals surface area (Å²) < 4.78 is 15.6. The van der Waals surface area contributed by atoms with Crippen LogP contribution in [0.5, 0.6) is 11.5 Å². The maximum absolute atomic E-state index is 12.3. The fourth-order valence-electron chi connectivity index (χ4n) is 2.55. The van der Waals surface area contributed by atoms with Crippen molar-refractivity contribution in [2.75, 3.05) is 14.2 Å². The Bertz CT molecular complexity index is 1040. The predicted molar refractivity (Wildman–Crippen MR) is 98.4 cm³/mol. The van der Waals surface area contributed by atoms with Crippen LogP contribution in [0.2, 0.25) is 0 Å². The van der Waals surface area contributed by atoms with Crippen molar-refractivity contribution in [1.82, 2.24) is 9.97 Å². The van der Waals surface area contributed by atoms with E-state index in [1.807, 2.05) is 13.8 Å². The monoisotopic (exact) mass is 374 g/mol. The summed E-state index contributed by atoms with van der Waals surface area (Å²) in [5.74, 6) is 0.629. The molecule has 0 bridgehead atoms. The summed E-state index contributed by atoms with van der Waals surface area (Å²) >= 11 is 1.44.